The molecule has 0 aliphatic carbocycles. The number of aromatic nitrogens is 2. The zero-order chi connectivity index (χ0) is 19.3. The monoisotopic (exact) mass is 419 g/mol. The molecule has 0 spiro atoms. The number of carbonyl (C=O) groups excluding carboxylic acids is 1. The molecule has 1 aromatic heterocycles. The van der Waals surface area contributed by atoms with E-state index in [2.05, 4.69) is 26.7 Å². The van der Waals surface area contributed by atoms with Crippen LogP contribution in [0, 0.1) is 5.92 Å². The first kappa shape index (κ1) is 21.5. The summed E-state index contributed by atoms with van der Waals surface area (Å²) in [6, 6.07) is 10.3. The van der Waals surface area contributed by atoms with Crippen molar-refractivity contribution in [2.75, 3.05) is 44.7 Å². The zero-order valence-electron chi connectivity index (χ0n) is 16.8. The van der Waals surface area contributed by atoms with Crippen LogP contribution in [-0.2, 0) is 0 Å². The number of ether oxygens (including phenoxy) is 1. The van der Waals surface area contributed by atoms with E-state index < -0.39 is 0 Å². The maximum atomic E-state index is 12.5. The number of hydrogen-bond donors (Lipinski definition) is 2. The molecule has 2 N–H and O–H groups in total. The van der Waals surface area contributed by atoms with Crippen molar-refractivity contribution >= 4 is 24.0 Å². The molecule has 3 heterocycles. The zero-order valence-corrected chi connectivity index (χ0v) is 17.7. The van der Waals surface area contributed by atoms with E-state index in [4.69, 9.17) is 4.74 Å². The minimum Gasteiger partial charge on any atom is -0.495 e. The number of amides is 1. The topological polar surface area (TPSA) is 71.4 Å². The van der Waals surface area contributed by atoms with Crippen LogP contribution in [0.25, 0.3) is 0 Å². The van der Waals surface area contributed by atoms with E-state index in [9.17, 15) is 4.79 Å². The van der Waals surface area contributed by atoms with E-state index in [1.807, 2.05) is 35.1 Å². The molecule has 2 atom stereocenters. The first-order valence-electron chi connectivity index (χ1n) is 10.2. The van der Waals surface area contributed by atoms with Crippen molar-refractivity contribution in [2.24, 2.45) is 5.92 Å². The van der Waals surface area contributed by atoms with Crippen LogP contribution >= 0.6 is 12.4 Å². The van der Waals surface area contributed by atoms with Crippen molar-refractivity contribution in [1.82, 2.24) is 20.4 Å². The predicted molar refractivity (Wildman–Crippen MR) is 116 cm³/mol. The Hall–Kier alpha value is -2.25. The molecule has 0 radical (unpaired) electrons. The highest BCUT2D eigenvalue weighted by molar-refractivity contribution is 5.92. The highest BCUT2D eigenvalue weighted by Crippen LogP contribution is 2.31. The molecule has 8 heteroatoms. The van der Waals surface area contributed by atoms with E-state index in [1.165, 1.54) is 0 Å². The minimum absolute atomic E-state index is 0. The van der Waals surface area contributed by atoms with Crippen molar-refractivity contribution in [1.29, 1.82) is 0 Å². The van der Waals surface area contributed by atoms with Gasteiger partial charge in [-0.3, -0.25) is 9.48 Å². The fourth-order valence-corrected chi connectivity index (χ4v) is 4.16. The van der Waals surface area contributed by atoms with Gasteiger partial charge in [-0.15, -0.1) is 12.4 Å². The molecule has 29 heavy (non-hydrogen) atoms. The van der Waals surface area contributed by atoms with E-state index in [0.717, 1.165) is 56.9 Å². The number of nitrogens with one attached hydrogen (secondary N) is 2. The predicted octanol–water partition coefficient (Wildman–Crippen LogP) is 2.49. The number of methoxy groups -OCH3 is 1. The second-order valence-electron chi connectivity index (χ2n) is 7.66. The minimum atomic E-state index is -0.0849. The molecule has 2 unspecified atom stereocenters. The van der Waals surface area contributed by atoms with E-state index in [0.29, 0.717) is 24.2 Å². The average Bonchev–Trinajstić information content (AvgIpc) is 3.43. The average molecular weight is 420 g/mol. The molecule has 4 rings (SSSR count). The summed E-state index contributed by atoms with van der Waals surface area (Å²) in [7, 11) is 1.70. The van der Waals surface area contributed by atoms with Crippen LogP contribution in [0.15, 0.2) is 36.5 Å². The summed E-state index contributed by atoms with van der Waals surface area (Å²) in [6.07, 6.45) is 5.24. The first-order chi connectivity index (χ1) is 13.7. The van der Waals surface area contributed by atoms with Crippen molar-refractivity contribution < 1.29 is 9.53 Å². The molecule has 2 saturated heterocycles. The number of para-hydroxylation sites is 2. The molecule has 2 aliphatic rings. The van der Waals surface area contributed by atoms with Gasteiger partial charge in [-0.25, -0.2) is 0 Å². The number of carbonyl (C=O) groups is 1. The van der Waals surface area contributed by atoms with Crippen molar-refractivity contribution in [3.8, 4) is 5.75 Å². The van der Waals surface area contributed by atoms with Crippen LogP contribution in [0.4, 0.5) is 5.69 Å². The number of anilines is 1. The quantitative estimate of drug-likeness (QED) is 0.752. The number of piperidine rings is 1. The van der Waals surface area contributed by atoms with Crippen LogP contribution in [0.5, 0.6) is 5.75 Å². The number of nitrogens with zero attached hydrogens (tertiary/aromatic N) is 3. The molecule has 0 saturated carbocycles. The van der Waals surface area contributed by atoms with Gasteiger partial charge in [-0.1, -0.05) is 12.1 Å². The summed E-state index contributed by atoms with van der Waals surface area (Å²) in [6.45, 7) is 4.55. The molecule has 158 valence electrons. The van der Waals surface area contributed by atoms with E-state index >= 15 is 0 Å². The Morgan fingerprint density at radius 1 is 1.31 bits per heavy atom. The summed E-state index contributed by atoms with van der Waals surface area (Å²) in [5.74, 6) is 1.24. The van der Waals surface area contributed by atoms with Crippen molar-refractivity contribution in [2.45, 2.75) is 25.3 Å². The maximum Gasteiger partial charge on any atom is 0.271 e. The Morgan fingerprint density at radius 2 is 2.17 bits per heavy atom. The third kappa shape index (κ3) is 5.03. The lowest BCUT2D eigenvalue weighted by molar-refractivity contribution is 0.0942. The van der Waals surface area contributed by atoms with Crippen LogP contribution < -0.4 is 20.3 Å². The molecular formula is C21H30ClN5O2. The summed E-state index contributed by atoms with van der Waals surface area (Å²) in [5, 5.41) is 11.0. The molecule has 2 aliphatic heterocycles. The van der Waals surface area contributed by atoms with Gasteiger partial charge < -0.3 is 20.3 Å². The van der Waals surface area contributed by atoms with Crippen LogP contribution in [0.1, 0.15) is 35.8 Å². The second-order valence-corrected chi connectivity index (χ2v) is 7.66. The smallest absolute Gasteiger partial charge is 0.271 e. The lowest BCUT2D eigenvalue weighted by Gasteiger charge is -2.22. The number of rotatable bonds is 6. The Kier molecular flexibility index (Phi) is 7.39. The van der Waals surface area contributed by atoms with Gasteiger partial charge in [0, 0.05) is 32.4 Å². The van der Waals surface area contributed by atoms with Gasteiger partial charge >= 0.3 is 0 Å². The third-order valence-electron chi connectivity index (χ3n) is 5.75. The highest BCUT2D eigenvalue weighted by Gasteiger charge is 2.25. The Bertz CT molecular complexity index is 806. The third-order valence-corrected chi connectivity index (χ3v) is 5.75. The van der Waals surface area contributed by atoms with Crippen LogP contribution in [-0.4, -0.2) is 55.5 Å². The summed E-state index contributed by atoms with van der Waals surface area (Å²) >= 11 is 0. The Morgan fingerprint density at radius 3 is 2.97 bits per heavy atom. The number of hydrogen-bond acceptors (Lipinski definition) is 5. The fraction of sp³-hybridized carbons (Fsp3) is 0.524. The molecule has 2 aromatic rings. The summed E-state index contributed by atoms with van der Waals surface area (Å²) in [5.41, 5.74) is 1.63. The largest absolute Gasteiger partial charge is 0.495 e. The van der Waals surface area contributed by atoms with Crippen LogP contribution in [0.3, 0.4) is 0 Å². The Balaban J connectivity index is 0.00000240. The fourth-order valence-electron chi connectivity index (χ4n) is 4.16. The SMILES string of the molecule is COc1ccccc1N1CCC(CNC(=O)c2ccn(C3CCCNC3)n2)C1.Cl. The van der Waals surface area contributed by atoms with Gasteiger partial charge in [0.2, 0.25) is 0 Å². The summed E-state index contributed by atoms with van der Waals surface area (Å²) < 4.78 is 7.41. The molecule has 0 bridgehead atoms. The lowest BCUT2D eigenvalue weighted by Crippen LogP contribution is -2.33. The van der Waals surface area contributed by atoms with E-state index in [-0.39, 0.29) is 18.3 Å². The maximum absolute atomic E-state index is 12.5. The molecule has 2 fully saturated rings. The highest BCUT2D eigenvalue weighted by atomic mass is 35.5. The lowest BCUT2D eigenvalue weighted by atomic mass is 10.1. The molecule has 7 nitrogen and oxygen atoms in total. The van der Waals surface area contributed by atoms with Crippen LogP contribution in [0.2, 0.25) is 0 Å². The normalized spacial score (nSPS) is 21.5. The Labute approximate surface area is 178 Å². The van der Waals surface area contributed by atoms with Gasteiger partial charge in [0.15, 0.2) is 0 Å². The van der Waals surface area contributed by atoms with Gasteiger partial charge in [0.1, 0.15) is 11.4 Å². The number of halogens is 1. The number of benzene rings is 1. The van der Waals surface area contributed by atoms with Crippen molar-refractivity contribution in [3.63, 3.8) is 0 Å². The molecular weight excluding hydrogens is 390 g/mol. The second kappa shape index (κ2) is 9.98. The van der Waals surface area contributed by atoms with Gasteiger partial charge in [0.05, 0.1) is 18.8 Å². The summed E-state index contributed by atoms with van der Waals surface area (Å²) in [4.78, 5) is 14.8. The van der Waals surface area contributed by atoms with E-state index in [1.54, 1.807) is 7.11 Å². The molecule has 1 aromatic carbocycles. The standard InChI is InChI=1S/C21H29N5O2.ClH/c1-28-20-7-3-2-6-19(20)25-11-8-16(15-25)13-23-21(27)18-9-12-26(24-18)17-5-4-10-22-14-17;/h2-3,6-7,9,12,16-17,22H,4-5,8,10-11,13-15H2,1H3,(H,23,27);1H. The van der Waals surface area contributed by atoms with Crippen molar-refractivity contribution in [3.05, 3.63) is 42.2 Å². The first-order valence-corrected chi connectivity index (χ1v) is 10.2. The van der Waals surface area contributed by atoms with Gasteiger partial charge in [-0.05, 0) is 49.9 Å². The molecule has 1 amide bonds. The van der Waals surface area contributed by atoms with Gasteiger partial charge in [-0.2, -0.15) is 5.10 Å². The van der Waals surface area contributed by atoms with Gasteiger partial charge in [0.25, 0.3) is 5.91 Å².